The van der Waals surface area contributed by atoms with Crippen molar-refractivity contribution in [2.24, 2.45) is 11.8 Å². The number of para-hydroxylation sites is 1. The summed E-state index contributed by atoms with van der Waals surface area (Å²) in [5, 5.41) is 9.86. The summed E-state index contributed by atoms with van der Waals surface area (Å²) in [6, 6.07) is 8.74. The molecule has 1 aromatic heterocycles. The van der Waals surface area contributed by atoms with E-state index in [0.29, 0.717) is 36.7 Å². The summed E-state index contributed by atoms with van der Waals surface area (Å²) in [5.41, 5.74) is 1.57. The van der Waals surface area contributed by atoms with Crippen LogP contribution in [-0.4, -0.2) is 77.7 Å². The molecule has 1 aliphatic heterocycles. The number of carbonyl (C=O) groups excluding carboxylic acids is 2. The Hall–Kier alpha value is -3.57. The minimum atomic E-state index is -0.390. The number of hydrogen-bond acceptors (Lipinski definition) is 6. The summed E-state index contributed by atoms with van der Waals surface area (Å²) in [6.45, 7) is 4.41. The van der Waals surface area contributed by atoms with Gasteiger partial charge in [0.1, 0.15) is 17.4 Å². The third-order valence-electron chi connectivity index (χ3n) is 7.01. The van der Waals surface area contributed by atoms with Crippen molar-refractivity contribution in [1.29, 1.82) is 0 Å². The zero-order valence-corrected chi connectivity index (χ0v) is 21.9. The summed E-state index contributed by atoms with van der Waals surface area (Å²) < 4.78 is 11.7. The van der Waals surface area contributed by atoms with Crippen molar-refractivity contribution < 1.29 is 24.2 Å². The third kappa shape index (κ3) is 6.41. The Labute approximate surface area is 218 Å². The van der Waals surface area contributed by atoms with Gasteiger partial charge in [-0.3, -0.25) is 9.59 Å². The van der Waals surface area contributed by atoms with Gasteiger partial charge in [-0.2, -0.15) is 0 Å². The molecular formula is C29H35N3O5. The smallest absolute Gasteiger partial charge is 0.259 e. The van der Waals surface area contributed by atoms with Gasteiger partial charge in [0, 0.05) is 37.7 Å². The molecule has 0 radical (unpaired) electrons. The Morgan fingerprint density at radius 1 is 1.32 bits per heavy atom. The number of nitrogens with zero attached hydrogens (tertiary/aromatic N) is 3. The highest BCUT2D eigenvalue weighted by molar-refractivity contribution is 5.97. The maximum Gasteiger partial charge on any atom is 0.259 e. The largest absolute Gasteiger partial charge is 0.495 e. The molecule has 196 valence electrons. The molecule has 0 spiro atoms. The van der Waals surface area contributed by atoms with Gasteiger partial charge >= 0.3 is 0 Å². The van der Waals surface area contributed by atoms with E-state index in [0.717, 1.165) is 18.4 Å². The molecule has 2 aromatic rings. The first-order chi connectivity index (χ1) is 17.8. The Morgan fingerprint density at radius 2 is 2.08 bits per heavy atom. The lowest BCUT2D eigenvalue weighted by Gasteiger charge is -2.37. The highest BCUT2D eigenvalue weighted by Crippen LogP contribution is 2.33. The van der Waals surface area contributed by atoms with Gasteiger partial charge in [0.05, 0.1) is 31.9 Å². The average Bonchev–Trinajstić information content (AvgIpc) is 3.73. The molecule has 1 aromatic carbocycles. The predicted molar refractivity (Wildman–Crippen MR) is 139 cm³/mol. The second kappa shape index (κ2) is 11.7. The molecule has 1 aliphatic carbocycles. The van der Waals surface area contributed by atoms with Crippen LogP contribution >= 0.6 is 0 Å². The van der Waals surface area contributed by atoms with E-state index < -0.39 is 0 Å². The van der Waals surface area contributed by atoms with Crippen LogP contribution in [0.1, 0.15) is 54.6 Å². The number of aliphatic hydroxyl groups is 1. The van der Waals surface area contributed by atoms with Crippen molar-refractivity contribution >= 4 is 11.8 Å². The van der Waals surface area contributed by atoms with E-state index in [1.807, 2.05) is 38.1 Å². The van der Waals surface area contributed by atoms with Gasteiger partial charge in [0.2, 0.25) is 11.8 Å². The number of rotatable bonds is 7. The molecule has 2 heterocycles. The fourth-order valence-electron chi connectivity index (χ4n) is 4.37. The van der Waals surface area contributed by atoms with Crippen molar-refractivity contribution in [1.82, 2.24) is 14.8 Å². The van der Waals surface area contributed by atoms with Crippen molar-refractivity contribution in [3.05, 3.63) is 53.2 Å². The third-order valence-corrected chi connectivity index (χ3v) is 7.01. The zero-order chi connectivity index (χ0) is 26.5. The molecule has 37 heavy (non-hydrogen) atoms. The molecule has 2 aliphatic rings. The molecule has 8 heteroatoms. The number of amides is 2. The molecule has 0 bridgehead atoms. The van der Waals surface area contributed by atoms with Gasteiger partial charge in [-0.25, -0.2) is 4.98 Å². The minimum absolute atomic E-state index is 0.0888. The zero-order valence-electron chi connectivity index (χ0n) is 21.9. The Kier molecular flexibility index (Phi) is 8.34. The summed E-state index contributed by atoms with van der Waals surface area (Å²) in [7, 11) is 3.39. The summed E-state index contributed by atoms with van der Waals surface area (Å²) in [5.74, 6) is 7.27. The van der Waals surface area contributed by atoms with Crippen molar-refractivity contribution in [2.75, 3.05) is 33.9 Å². The normalized spacial score (nSPS) is 19.9. The van der Waals surface area contributed by atoms with Crippen LogP contribution in [0.25, 0.3) is 0 Å². The van der Waals surface area contributed by atoms with Crippen LogP contribution in [0.2, 0.25) is 0 Å². The predicted octanol–water partition coefficient (Wildman–Crippen LogP) is 2.97. The monoisotopic (exact) mass is 505 g/mol. The summed E-state index contributed by atoms with van der Waals surface area (Å²) >= 11 is 0. The van der Waals surface area contributed by atoms with Gasteiger partial charge in [-0.1, -0.05) is 30.9 Å². The highest BCUT2D eigenvalue weighted by atomic mass is 16.5. The lowest BCUT2D eigenvalue weighted by molar-refractivity contribution is -0.131. The van der Waals surface area contributed by atoms with E-state index in [2.05, 4.69) is 16.8 Å². The lowest BCUT2D eigenvalue weighted by atomic mass is 9.99. The highest BCUT2D eigenvalue weighted by Gasteiger charge is 2.35. The fraction of sp³-hybridized carbons (Fsp3) is 0.483. The number of carbonyl (C=O) groups is 2. The number of fused-ring (bicyclic) bond motifs is 1. The molecule has 3 atom stereocenters. The van der Waals surface area contributed by atoms with Crippen molar-refractivity contribution in [2.45, 2.75) is 45.3 Å². The number of methoxy groups -OCH3 is 1. The maximum atomic E-state index is 13.6. The first kappa shape index (κ1) is 26.5. The van der Waals surface area contributed by atoms with Crippen LogP contribution in [0.3, 0.4) is 0 Å². The number of benzene rings is 1. The van der Waals surface area contributed by atoms with Crippen LogP contribution in [0, 0.1) is 23.7 Å². The summed E-state index contributed by atoms with van der Waals surface area (Å²) in [6.07, 6.45) is 4.01. The first-order valence-corrected chi connectivity index (χ1v) is 12.8. The van der Waals surface area contributed by atoms with Crippen molar-refractivity contribution in [3.63, 3.8) is 0 Å². The molecule has 1 saturated carbocycles. The van der Waals surface area contributed by atoms with Crippen LogP contribution in [0.5, 0.6) is 11.6 Å². The number of ether oxygens (including phenoxy) is 2. The molecule has 2 amide bonds. The topological polar surface area (TPSA) is 92.2 Å². The van der Waals surface area contributed by atoms with Gasteiger partial charge < -0.3 is 24.4 Å². The molecule has 1 N–H and O–H groups in total. The number of hydrogen-bond donors (Lipinski definition) is 1. The van der Waals surface area contributed by atoms with Gasteiger partial charge in [-0.05, 0) is 43.9 Å². The van der Waals surface area contributed by atoms with Crippen LogP contribution in [0.15, 0.2) is 36.5 Å². The first-order valence-electron chi connectivity index (χ1n) is 12.8. The molecule has 8 nitrogen and oxygen atoms in total. The SMILES string of the molecule is COc1ccccc1C#Cc1cnc2c(c1)C(=O)N([C@H](C)CO)C[C@H](C)[C@H](CN(C)C(=O)CC1CC1)O2. The molecule has 1 fully saturated rings. The Morgan fingerprint density at radius 3 is 2.78 bits per heavy atom. The van der Waals surface area contributed by atoms with E-state index in [4.69, 9.17) is 9.47 Å². The Bertz CT molecular complexity index is 1200. The average molecular weight is 506 g/mol. The van der Waals surface area contributed by atoms with Gasteiger partial charge in [0.25, 0.3) is 5.91 Å². The standard InChI is InChI=1S/C29H35N3O5/c1-19-16-32(20(2)18-33)29(35)24-13-22(11-12-23-7-5-6-8-25(23)36-4)15-30-28(24)37-26(19)17-31(3)27(34)14-21-9-10-21/h5-8,13,15,19-21,26,33H,9-10,14,16-18H2,1-4H3/t19-,20+,26-/m0/s1. The maximum absolute atomic E-state index is 13.6. The van der Waals surface area contributed by atoms with E-state index >= 15 is 0 Å². The van der Waals surface area contributed by atoms with E-state index in [9.17, 15) is 14.7 Å². The molecular weight excluding hydrogens is 470 g/mol. The number of aromatic nitrogens is 1. The lowest BCUT2D eigenvalue weighted by Crippen LogP contribution is -2.50. The fourth-order valence-corrected chi connectivity index (χ4v) is 4.37. The van der Waals surface area contributed by atoms with Gasteiger partial charge in [0.15, 0.2) is 0 Å². The molecule has 0 saturated heterocycles. The second-order valence-electron chi connectivity index (χ2n) is 10.1. The number of pyridine rings is 1. The quantitative estimate of drug-likeness (QED) is 0.582. The van der Waals surface area contributed by atoms with Crippen LogP contribution < -0.4 is 9.47 Å². The Balaban J connectivity index is 1.64. The summed E-state index contributed by atoms with van der Waals surface area (Å²) in [4.78, 5) is 34.1. The van der Waals surface area contributed by atoms with Crippen LogP contribution in [0.4, 0.5) is 0 Å². The number of likely N-dealkylation sites (N-methyl/N-ethyl adjacent to an activating group) is 1. The van der Waals surface area contributed by atoms with E-state index in [-0.39, 0.29) is 47.9 Å². The van der Waals surface area contributed by atoms with Crippen LogP contribution in [-0.2, 0) is 4.79 Å². The minimum Gasteiger partial charge on any atom is -0.495 e. The van der Waals surface area contributed by atoms with Gasteiger partial charge in [-0.15, -0.1) is 0 Å². The van der Waals surface area contributed by atoms with E-state index in [1.54, 1.807) is 36.2 Å². The molecule has 0 unspecified atom stereocenters. The van der Waals surface area contributed by atoms with Crippen molar-refractivity contribution in [3.8, 4) is 23.5 Å². The van der Waals surface area contributed by atoms with E-state index in [1.165, 1.54) is 0 Å². The molecule has 4 rings (SSSR count). The second-order valence-corrected chi connectivity index (χ2v) is 10.1. The number of aliphatic hydroxyl groups excluding tert-OH is 1.